The van der Waals surface area contributed by atoms with Gasteiger partial charge in [0.25, 0.3) is 0 Å². The van der Waals surface area contributed by atoms with Crippen LogP contribution >= 0.6 is 0 Å². The molecule has 7 nitrogen and oxygen atoms in total. The maximum Gasteiger partial charge on any atom is 0.238 e. The van der Waals surface area contributed by atoms with E-state index in [0.717, 1.165) is 16.4 Å². The van der Waals surface area contributed by atoms with Gasteiger partial charge in [-0.3, -0.25) is 14.5 Å². The van der Waals surface area contributed by atoms with Gasteiger partial charge in [0.05, 0.1) is 25.9 Å². The Bertz CT molecular complexity index is 1030. The molecule has 0 atom stereocenters. The molecular weight excluding hydrogens is 370 g/mol. The van der Waals surface area contributed by atoms with Gasteiger partial charge >= 0.3 is 0 Å². The van der Waals surface area contributed by atoms with E-state index in [0.29, 0.717) is 23.6 Å². The van der Waals surface area contributed by atoms with Crippen LogP contribution < -0.4 is 15.4 Å². The minimum Gasteiger partial charge on any atom is -0.495 e. The van der Waals surface area contributed by atoms with Crippen molar-refractivity contribution in [1.29, 1.82) is 0 Å². The number of methoxy groups -OCH3 is 1. The highest BCUT2D eigenvalue weighted by Crippen LogP contribution is 2.36. The standard InChI is InChI=1S/C22H27N3O4/c1-5-25(12-21(26)23-14(2)3)13-22(27)24-17-11-19-16(10-20(17)28-4)15-8-6-7-9-18(15)29-19/h6-11,14H,5,12-13H2,1-4H3,(H,23,26)(H,24,27). The van der Waals surface area contributed by atoms with E-state index in [-0.39, 0.29) is 30.9 Å². The van der Waals surface area contributed by atoms with Crippen molar-refractivity contribution in [3.63, 3.8) is 0 Å². The first-order chi connectivity index (χ1) is 13.9. The highest BCUT2D eigenvalue weighted by atomic mass is 16.5. The van der Waals surface area contributed by atoms with Gasteiger partial charge in [0, 0.05) is 22.9 Å². The van der Waals surface area contributed by atoms with Gasteiger partial charge in [-0.2, -0.15) is 0 Å². The van der Waals surface area contributed by atoms with Crippen molar-refractivity contribution in [1.82, 2.24) is 10.2 Å². The number of amides is 2. The molecule has 0 aliphatic carbocycles. The lowest BCUT2D eigenvalue weighted by Crippen LogP contribution is -2.42. The van der Waals surface area contributed by atoms with E-state index in [1.807, 2.05) is 51.1 Å². The van der Waals surface area contributed by atoms with E-state index in [9.17, 15) is 9.59 Å². The highest BCUT2D eigenvalue weighted by molar-refractivity contribution is 6.07. The van der Waals surface area contributed by atoms with Crippen molar-refractivity contribution in [2.45, 2.75) is 26.8 Å². The fourth-order valence-corrected chi connectivity index (χ4v) is 3.26. The summed E-state index contributed by atoms with van der Waals surface area (Å²) in [6.07, 6.45) is 0. The summed E-state index contributed by atoms with van der Waals surface area (Å²) in [5.41, 5.74) is 1.99. The zero-order valence-corrected chi connectivity index (χ0v) is 17.2. The molecular formula is C22H27N3O4. The average Bonchev–Trinajstić information content (AvgIpc) is 3.03. The van der Waals surface area contributed by atoms with Crippen LogP contribution in [0.5, 0.6) is 5.75 Å². The fourth-order valence-electron chi connectivity index (χ4n) is 3.26. The van der Waals surface area contributed by atoms with E-state index < -0.39 is 0 Å². The molecule has 154 valence electrons. The number of anilines is 1. The third-order valence-corrected chi connectivity index (χ3v) is 4.60. The Morgan fingerprint density at radius 2 is 1.79 bits per heavy atom. The maximum absolute atomic E-state index is 12.6. The number of hydrogen-bond donors (Lipinski definition) is 2. The number of hydrogen-bond acceptors (Lipinski definition) is 5. The molecule has 2 aromatic carbocycles. The number of furan rings is 1. The molecule has 3 aromatic rings. The Labute approximate surface area is 170 Å². The number of benzene rings is 2. The number of nitrogens with one attached hydrogen (secondary N) is 2. The van der Waals surface area contributed by atoms with Gasteiger partial charge in [-0.15, -0.1) is 0 Å². The van der Waals surface area contributed by atoms with Crippen molar-refractivity contribution in [3.8, 4) is 5.75 Å². The van der Waals surface area contributed by atoms with Gasteiger partial charge in [-0.25, -0.2) is 0 Å². The molecule has 0 saturated heterocycles. The lowest BCUT2D eigenvalue weighted by atomic mass is 10.1. The summed E-state index contributed by atoms with van der Waals surface area (Å²) in [6, 6.07) is 11.5. The molecule has 0 radical (unpaired) electrons. The van der Waals surface area contributed by atoms with Crippen LogP contribution in [0.25, 0.3) is 21.9 Å². The predicted molar refractivity (Wildman–Crippen MR) is 114 cm³/mol. The Morgan fingerprint density at radius 3 is 2.48 bits per heavy atom. The number of carbonyl (C=O) groups is 2. The SMILES string of the molecule is CCN(CC(=O)Nc1cc2oc3ccccc3c2cc1OC)CC(=O)NC(C)C. The summed E-state index contributed by atoms with van der Waals surface area (Å²) < 4.78 is 11.4. The largest absolute Gasteiger partial charge is 0.495 e. The number of nitrogens with zero attached hydrogens (tertiary/aromatic N) is 1. The van der Waals surface area contributed by atoms with E-state index in [4.69, 9.17) is 9.15 Å². The highest BCUT2D eigenvalue weighted by Gasteiger charge is 2.17. The summed E-state index contributed by atoms with van der Waals surface area (Å²) in [5, 5.41) is 7.64. The van der Waals surface area contributed by atoms with Crippen molar-refractivity contribution < 1.29 is 18.7 Å². The molecule has 3 rings (SSSR count). The van der Waals surface area contributed by atoms with Crippen molar-refractivity contribution in [2.24, 2.45) is 0 Å². The Kier molecular flexibility index (Phi) is 6.39. The molecule has 0 bridgehead atoms. The van der Waals surface area contributed by atoms with Crippen LogP contribution in [0.15, 0.2) is 40.8 Å². The number of carbonyl (C=O) groups excluding carboxylic acids is 2. The van der Waals surface area contributed by atoms with Crippen LogP contribution in [0.1, 0.15) is 20.8 Å². The molecule has 0 saturated carbocycles. The second-order valence-corrected chi connectivity index (χ2v) is 7.22. The van der Waals surface area contributed by atoms with Crippen LogP contribution in [0.4, 0.5) is 5.69 Å². The summed E-state index contributed by atoms with van der Waals surface area (Å²) in [6.45, 7) is 6.57. The number of ether oxygens (including phenoxy) is 1. The van der Waals surface area contributed by atoms with Gasteiger partial charge in [-0.1, -0.05) is 25.1 Å². The number of likely N-dealkylation sites (N-methyl/N-ethyl adjacent to an activating group) is 1. The smallest absolute Gasteiger partial charge is 0.238 e. The van der Waals surface area contributed by atoms with Crippen molar-refractivity contribution in [2.75, 3.05) is 32.1 Å². The van der Waals surface area contributed by atoms with E-state index in [2.05, 4.69) is 10.6 Å². The van der Waals surface area contributed by atoms with E-state index in [1.165, 1.54) is 0 Å². The first kappa shape index (κ1) is 20.7. The molecule has 0 aliphatic heterocycles. The van der Waals surface area contributed by atoms with Gasteiger partial charge < -0.3 is 19.8 Å². The predicted octanol–water partition coefficient (Wildman–Crippen LogP) is 3.38. The van der Waals surface area contributed by atoms with Gasteiger partial charge in [-0.05, 0) is 32.5 Å². The lowest BCUT2D eigenvalue weighted by Gasteiger charge is -2.20. The lowest BCUT2D eigenvalue weighted by molar-refractivity contribution is -0.123. The summed E-state index contributed by atoms with van der Waals surface area (Å²) in [7, 11) is 1.56. The third kappa shape index (κ3) is 4.86. The quantitative estimate of drug-likeness (QED) is 0.609. The molecule has 0 fully saturated rings. The van der Waals surface area contributed by atoms with Gasteiger partial charge in [0.2, 0.25) is 11.8 Å². The van der Waals surface area contributed by atoms with Gasteiger partial charge in [0.15, 0.2) is 0 Å². The van der Waals surface area contributed by atoms with E-state index in [1.54, 1.807) is 18.1 Å². The van der Waals surface area contributed by atoms with Crippen LogP contribution in [-0.4, -0.2) is 49.5 Å². The van der Waals surface area contributed by atoms with Crippen molar-refractivity contribution in [3.05, 3.63) is 36.4 Å². The number of fused-ring (bicyclic) bond motifs is 3. The number of rotatable bonds is 8. The molecule has 1 heterocycles. The zero-order chi connectivity index (χ0) is 21.0. The summed E-state index contributed by atoms with van der Waals surface area (Å²) >= 11 is 0. The fraction of sp³-hybridized carbons (Fsp3) is 0.364. The Hall–Kier alpha value is -3.06. The second kappa shape index (κ2) is 8.96. The molecule has 0 unspecified atom stereocenters. The number of para-hydroxylation sites is 1. The molecule has 1 aromatic heterocycles. The van der Waals surface area contributed by atoms with E-state index >= 15 is 0 Å². The molecule has 29 heavy (non-hydrogen) atoms. The van der Waals surface area contributed by atoms with Crippen molar-refractivity contribution >= 4 is 39.4 Å². The molecule has 0 spiro atoms. The summed E-state index contributed by atoms with van der Waals surface area (Å²) in [5.74, 6) is 0.229. The van der Waals surface area contributed by atoms with Crippen LogP contribution in [0, 0.1) is 0 Å². The first-order valence-electron chi connectivity index (χ1n) is 9.72. The third-order valence-electron chi connectivity index (χ3n) is 4.60. The maximum atomic E-state index is 12.6. The minimum absolute atomic E-state index is 0.0647. The average molecular weight is 397 g/mol. The minimum atomic E-state index is -0.224. The Morgan fingerprint density at radius 1 is 1.07 bits per heavy atom. The van der Waals surface area contributed by atoms with Crippen LogP contribution in [0.3, 0.4) is 0 Å². The molecule has 2 N–H and O–H groups in total. The van der Waals surface area contributed by atoms with Crippen LogP contribution in [0.2, 0.25) is 0 Å². The molecule has 7 heteroatoms. The molecule has 0 aliphatic rings. The second-order valence-electron chi connectivity index (χ2n) is 7.22. The first-order valence-corrected chi connectivity index (χ1v) is 9.72. The zero-order valence-electron chi connectivity index (χ0n) is 17.2. The normalized spacial score (nSPS) is 11.4. The monoisotopic (exact) mass is 397 g/mol. The van der Waals surface area contributed by atoms with Crippen LogP contribution in [-0.2, 0) is 9.59 Å². The topological polar surface area (TPSA) is 83.8 Å². The molecule has 2 amide bonds. The summed E-state index contributed by atoms with van der Waals surface area (Å²) in [4.78, 5) is 26.3. The van der Waals surface area contributed by atoms with Gasteiger partial charge in [0.1, 0.15) is 16.9 Å². The Balaban J connectivity index is 1.76.